The summed E-state index contributed by atoms with van der Waals surface area (Å²) in [5, 5.41) is 25.2. The summed E-state index contributed by atoms with van der Waals surface area (Å²) in [4.78, 5) is 8.59. The van der Waals surface area contributed by atoms with Crippen molar-refractivity contribution in [2.75, 3.05) is 6.86 Å². The summed E-state index contributed by atoms with van der Waals surface area (Å²) in [5.41, 5.74) is 2.27. The Hall–Kier alpha value is -4.99. The molecule has 5 rings (SSSR count). The average Bonchev–Trinajstić information content (AvgIpc) is 3.55. The number of aromatic nitrogens is 8. The molecule has 0 aliphatic rings. The van der Waals surface area contributed by atoms with Gasteiger partial charge in [0.05, 0.1) is 18.4 Å². The molecule has 4 heterocycles. The Morgan fingerprint density at radius 1 is 1.14 bits per heavy atom. The molecule has 4 aromatic heterocycles. The highest BCUT2D eigenvalue weighted by atomic mass is 19.1. The first kappa shape index (κ1) is 22.8. The molecule has 0 fully saturated rings. The van der Waals surface area contributed by atoms with Crippen molar-refractivity contribution in [3.63, 3.8) is 0 Å². The maximum Gasteiger partial charge on any atom is 0.228 e. The number of fused-ring (bicyclic) bond motifs is 1. The molecular formula is C23H17F2N9O2. The van der Waals surface area contributed by atoms with E-state index in [2.05, 4.69) is 30.6 Å². The highest BCUT2D eigenvalue weighted by Gasteiger charge is 2.18. The Morgan fingerprint density at radius 2 is 2.03 bits per heavy atom. The van der Waals surface area contributed by atoms with Crippen LogP contribution in [0.2, 0.25) is 0 Å². The third-order valence-electron chi connectivity index (χ3n) is 5.23. The zero-order valence-corrected chi connectivity index (χ0v) is 18.8. The minimum Gasteiger partial charge on any atom is -0.486 e. The van der Waals surface area contributed by atoms with E-state index >= 15 is 0 Å². The van der Waals surface area contributed by atoms with E-state index in [1.807, 2.05) is 6.07 Å². The molecule has 0 amide bonds. The highest BCUT2D eigenvalue weighted by Crippen LogP contribution is 2.30. The normalized spacial score (nSPS) is 11.8. The Balaban J connectivity index is 1.50. The second kappa shape index (κ2) is 9.71. The molecule has 1 aromatic carbocycles. The molecule has 11 nitrogen and oxygen atoms in total. The number of hydrogen-bond donors (Lipinski definition) is 0. The van der Waals surface area contributed by atoms with Crippen LogP contribution < -0.4 is 9.47 Å². The molecule has 0 saturated carbocycles. The van der Waals surface area contributed by atoms with Gasteiger partial charge in [-0.3, -0.25) is 4.98 Å². The van der Waals surface area contributed by atoms with Crippen molar-refractivity contribution in [1.29, 1.82) is 5.26 Å². The smallest absolute Gasteiger partial charge is 0.228 e. The number of pyridine rings is 1. The number of imidazole rings is 1. The Labute approximate surface area is 202 Å². The molecule has 0 saturated heterocycles. The topological polar surface area (TPSA) is 129 Å². The van der Waals surface area contributed by atoms with E-state index in [-0.39, 0.29) is 22.8 Å². The molecule has 0 bridgehead atoms. The van der Waals surface area contributed by atoms with Gasteiger partial charge in [-0.1, -0.05) is 0 Å². The number of nitrogens with zero attached hydrogens (tertiary/aromatic N) is 9. The lowest BCUT2D eigenvalue weighted by atomic mass is 10.1. The summed E-state index contributed by atoms with van der Waals surface area (Å²) in [5.74, 6) is -0.420. The molecule has 180 valence electrons. The van der Waals surface area contributed by atoms with E-state index in [1.54, 1.807) is 31.2 Å². The van der Waals surface area contributed by atoms with Gasteiger partial charge in [0.25, 0.3) is 0 Å². The first-order valence-corrected chi connectivity index (χ1v) is 10.7. The number of alkyl halides is 1. The molecule has 1 atom stereocenters. The van der Waals surface area contributed by atoms with Crippen LogP contribution in [0.4, 0.5) is 8.78 Å². The van der Waals surface area contributed by atoms with Gasteiger partial charge in [-0.05, 0) is 47.7 Å². The predicted octanol–water partition coefficient (Wildman–Crippen LogP) is 3.23. The fourth-order valence-electron chi connectivity index (χ4n) is 3.65. The van der Waals surface area contributed by atoms with Crippen molar-refractivity contribution in [2.45, 2.75) is 19.6 Å². The van der Waals surface area contributed by atoms with Crippen molar-refractivity contribution in [3.05, 3.63) is 66.5 Å². The molecule has 36 heavy (non-hydrogen) atoms. The quantitative estimate of drug-likeness (QED) is 0.322. The monoisotopic (exact) mass is 489 g/mol. The van der Waals surface area contributed by atoms with Crippen LogP contribution in [-0.4, -0.2) is 52.8 Å². The molecule has 5 aromatic rings. The zero-order chi connectivity index (χ0) is 25.1. The standard InChI is InChI=1S/C23H17F2N9O2/c1-14(11-33-13-29-31-32-33)36-21-8-15(2-3-17(21)25)18-4-5-22-28-10-19(34(22)30-18)23-16(9-26)20(35-12-24)6-7-27-23/h2-8,10,13-14H,11-12H2,1H3/t14-/m0/s1. The number of rotatable bonds is 8. The molecular weight excluding hydrogens is 472 g/mol. The van der Waals surface area contributed by atoms with Crippen molar-refractivity contribution in [1.82, 2.24) is 39.8 Å². The minimum absolute atomic E-state index is 0.0466. The first-order valence-electron chi connectivity index (χ1n) is 10.7. The van der Waals surface area contributed by atoms with Gasteiger partial charge in [0.15, 0.2) is 17.2 Å². The zero-order valence-electron chi connectivity index (χ0n) is 18.8. The van der Waals surface area contributed by atoms with Crippen LogP contribution in [0.25, 0.3) is 28.3 Å². The predicted molar refractivity (Wildman–Crippen MR) is 121 cm³/mol. The maximum atomic E-state index is 14.5. The maximum absolute atomic E-state index is 14.5. The van der Waals surface area contributed by atoms with Crippen LogP contribution in [0.1, 0.15) is 12.5 Å². The van der Waals surface area contributed by atoms with Gasteiger partial charge in [0, 0.05) is 17.8 Å². The largest absolute Gasteiger partial charge is 0.486 e. The third kappa shape index (κ3) is 4.39. The molecule has 0 aliphatic carbocycles. The lowest BCUT2D eigenvalue weighted by Gasteiger charge is -2.15. The first-order chi connectivity index (χ1) is 17.6. The summed E-state index contributed by atoms with van der Waals surface area (Å²) < 4.78 is 41.0. The molecule has 0 aliphatic heterocycles. The van der Waals surface area contributed by atoms with Gasteiger partial charge in [-0.25, -0.2) is 23.0 Å². The van der Waals surface area contributed by atoms with Crippen LogP contribution in [-0.2, 0) is 6.54 Å². The van der Waals surface area contributed by atoms with Crippen molar-refractivity contribution in [2.24, 2.45) is 0 Å². The van der Waals surface area contributed by atoms with Crippen molar-refractivity contribution in [3.8, 4) is 40.2 Å². The molecule has 13 heteroatoms. The lowest BCUT2D eigenvalue weighted by Crippen LogP contribution is -2.20. The van der Waals surface area contributed by atoms with Gasteiger partial charge in [0.2, 0.25) is 6.86 Å². The number of hydrogen-bond acceptors (Lipinski definition) is 9. The van der Waals surface area contributed by atoms with Crippen LogP contribution in [0.5, 0.6) is 11.5 Å². The van der Waals surface area contributed by atoms with E-state index in [0.717, 1.165) is 0 Å². The molecule has 0 spiro atoms. The van der Waals surface area contributed by atoms with E-state index in [4.69, 9.17) is 9.47 Å². The summed E-state index contributed by atoms with van der Waals surface area (Å²) in [6.45, 7) is 1.02. The summed E-state index contributed by atoms with van der Waals surface area (Å²) in [7, 11) is 0. The Bertz CT molecular complexity index is 1560. The lowest BCUT2D eigenvalue weighted by molar-refractivity contribution is 0.185. The molecule has 0 radical (unpaired) electrons. The number of ether oxygens (including phenoxy) is 2. The highest BCUT2D eigenvalue weighted by molar-refractivity contribution is 5.70. The fraction of sp³-hybridized carbons (Fsp3) is 0.174. The van der Waals surface area contributed by atoms with E-state index < -0.39 is 18.8 Å². The Kier molecular flexibility index (Phi) is 6.14. The van der Waals surface area contributed by atoms with Crippen LogP contribution in [0, 0.1) is 17.1 Å². The van der Waals surface area contributed by atoms with Gasteiger partial charge in [-0.2, -0.15) is 10.4 Å². The van der Waals surface area contributed by atoms with Gasteiger partial charge in [0.1, 0.15) is 41.2 Å². The van der Waals surface area contributed by atoms with Crippen molar-refractivity contribution < 1.29 is 18.3 Å². The van der Waals surface area contributed by atoms with Gasteiger partial charge in [-0.15, -0.1) is 5.10 Å². The summed E-state index contributed by atoms with van der Waals surface area (Å²) in [6, 6.07) is 11.3. The van der Waals surface area contributed by atoms with E-state index in [0.29, 0.717) is 29.1 Å². The number of halogens is 2. The van der Waals surface area contributed by atoms with Gasteiger partial charge >= 0.3 is 0 Å². The SMILES string of the molecule is C[C@@H](Cn1cnnn1)Oc1cc(-c2ccc3ncc(-c4nccc(OCF)c4C#N)n3n2)ccc1F. The van der Waals surface area contributed by atoms with Crippen molar-refractivity contribution >= 4 is 5.65 Å². The second-order valence-electron chi connectivity index (χ2n) is 7.64. The molecule has 0 N–H and O–H groups in total. The van der Waals surface area contributed by atoms with Crippen LogP contribution in [0.15, 0.2) is 55.1 Å². The Morgan fingerprint density at radius 3 is 2.81 bits per heavy atom. The van der Waals surface area contributed by atoms with Crippen LogP contribution >= 0.6 is 0 Å². The number of benzene rings is 1. The second-order valence-corrected chi connectivity index (χ2v) is 7.64. The van der Waals surface area contributed by atoms with Crippen LogP contribution in [0.3, 0.4) is 0 Å². The number of nitriles is 1. The van der Waals surface area contributed by atoms with E-state index in [1.165, 1.54) is 40.1 Å². The van der Waals surface area contributed by atoms with E-state index in [9.17, 15) is 14.0 Å². The van der Waals surface area contributed by atoms with Gasteiger partial charge < -0.3 is 9.47 Å². The fourth-order valence-corrected chi connectivity index (χ4v) is 3.65. The average molecular weight is 489 g/mol. The summed E-state index contributed by atoms with van der Waals surface area (Å²) in [6.07, 6.45) is 3.95. The minimum atomic E-state index is -1.09. The number of tetrazole rings is 1. The third-order valence-corrected chi connectivity index (χ3v) is 5.23. The summed E-state index contributed by atoms with van der Waals surface area (Å²) >= 11 is 0. The molecule has 0 unspecified atom stereocenters.